The van der Waals surface area contributed by atoms with Gasteiger partial charge in [0.25, 0.3) is 0 Å². The Hall–Kier alpha value is -0.916. The molecule has 1 atom stereocenters. The number of para-hydroxylation sites is 1. The third kappa shape index (κ3) is 4.92. The third-order valence-electron chi connectivity index (χ3n) is 2.13. The van der Waals surface area contributed by atoms with Gasteiger partial charge in [-0.1, -0.05) is 18.2 Å². The van der Waals surface area contributed by atoms with E-state index in [0.29, 0.717) is 12.2 Å². The fourth-order valence-corrected chi connectivity index (χ4v) is 2.70. The highest BCUT2D eigenvalue weighted by Gasteiger charge is 2.08. The predicted molar refractivity (Wildman–Crippen MR) is 65.5 cm³/mol. The molecule has 0 aliphatic carbocycles. The number of hydrogen-bond acceptors (Lipinski definition) is 3. The minimum atomic E-state index is -1.08. The van der Waals surface area contributed by atoms with Crippen LogP contribution in [0.3, 0.4) is 0 Å². The molecule has 82 valence electrons. The summed E-state index contributed by atoms with van der Waals surface area (Å²) in [6.45, 7) is 2.10. The van der Waals surface area contributed by atoms with Crippen molar-refractivity contribution in [1.82, 2.24) is 0 Å². The van der Waals surface area contributed by atoms with Crippen molar-refractivity contribution >= 4 is 25.5 Å². The van der Waals surface area contributed by atoms with Gasteiger partial charge >= 0.3 is 5.97 Å². The van der Waals surface area contributed by atoms with E-state index in [9.17, 15) is 4.79 Å². The Kier molecular flexibility index (Phi) is 5.30. The average Bonchev–Trinajstić information content (AvgIpc) is 2.27. The summed E-state index contributed by atoms with van der Waals surface area (Å²) in [4.78, 5) is 11.4. The zero-order chi connectivity index (χ0) is 11.1. The van der Waals surface area contributed by atoms with Crippen LogP contribution in [0.5, 0.6) is 5.75 Å². The van der Waals surface area contributed by atoms with E-state index in [4.69, 9.17) is 8.85 Å². The molecule has 0 N–H and O–H groups in total. The van der Waals surface area contributed by atoms with Gasteiger partial charge in [0.1, 0.15) is 16.2 Å². The molecule has 3 nitrogen and oxygen atoms in total. The van der Waals surface area contributed by atoms with Crippen LogP contribution in [0.15, 0.2) is 30.3 Å². The summed E-state index contributed by atoms with van der Waals surface area (Å²) < 4.78 is 10.5. The van der Waals surface area contributed by atoms with E-state index < -0.39 is 9.04 Å². The molecule has 0 saturated carbocycles. The Morgan fingerprint density at radius 2 is 2.07 bits per heavy atom. The third-order valence-corrected chi connectivity index (χ3v) is 6.45. The van der Waals surface area contributed by atoms with Gasteiger partial charge in [0.2, 0.25) is 0 Å². The Balaban J connectivity index is 2.31. The zero-order valence-electron chi connectivity index (χ0n) is 9.10. The van der Waals surface area contributed by atoms with Crippen molar-refractivity contribution in [3.05, 3.63) is 30.3 Å². The summed E-state index contributed by atoms with van der Waals surface area (Å²) in [6.07, 6.45) is 0.463. The van der Waals surface area contributed by atoms with Gasteiger partial charge in [-0.25, -0.2) is 0 Å². The maximum absolute atomic E-state index is 11.4. The van der Waals surface area contributed by atoms with Crippen LogP contribution < -0.4 is 4.74 Å². The van der Waals surface area contributed by atoms with Gasteiger partial charge in [0, 0.05) is 6.42 Å². The van der Waals surface area contributed by atoms with Crippen molar-refractivity contribution in [1.29, 1.82) is 0 Å². The molecule has 0 radical (unpaired) electrons. The number of ether oxygens (including phenoxy) is 1. The summed E-state index contributed by atoms with van der Waals surface area (Å²) in [6, 6.07) is 10.0. The molecular formula is C10H16O3Si2. The summed E-state index contributed by atoms with van der Waals surface area (Å²) in [7, 11) is -0.315. The first-order valence-corrected chi connectivity index (χ1v) is 8.27. The zero-order valence-corrected chi connectivity index (χ0v) is 12.3. The van der Waals surface area contributed by atoms with Crippen molar-refractivity contribution in [2.45, 2.75) is 19.0 Å². The summed E-state index contributed by atoms with van der Waals surface area (Å²) in [5, 5.41) is 0. The lowest BCUT2D eigenvalue weighted by molar-refractivity contribution is -0.134. The van der Waals surface area contributed by atoms with Crippen LogP contribution in [0.2, 0.25) is 12.6 Å². The van der Waals surface area contributed by atoms with Crippen LogP contribution in [-0.2, 0) is 8.91 Å². The second-order valence-electron chi connectivity index (χ2n) is 3.37. The van der Waals surface area contributed by atoms with Crippen LogP contribution in [0.4, 0.5) is 0 Å². The van der Waals surface area contributed by atoms with Gasteiger partial charge < -0.3 is 8.85 Å². The largest absolute Gasteiger partial charge is 0.466 e. The SMILES string of the molecule is C[SiH](CCC(=O)Oc1ccccc1)O[SiH3]. The van der Waals surface area contributed by atoms with Crippen molar-refractivity contribution < 1.29 is 13.6 Å². The molecule has 0 saturated heterocycles. The molecule has 0 bridgehead atoms. The first-order valence-electron chi connectivity index (χ1n) is 5.01. The first kappa shape index (κ1) is 12.2. The Labute approximate surface area is 94.7 Å². The van der Waals surface area contributed by atoms with Crippen LogP contribution in [0, 0.1) is 0 Å². The lowest BCUT2D eigenvalue weighted by atomic mass is 10.3. The van der Waals surface area contributed by atoms with E-state index in [1.807, 2.05) is 18.2 Å². The summed E-state index contributed by atoms with van der Waals surface area (Å²) in [5.41, 5.74) is 0. The fourth-order valence-electron chi connectivity index (χ4n) is 1.11. The maximum atomic E-state index is 11.4. The van der Waals surface area contributed by atoms with Gasteiger partial charge in [0.15, 0.2) is 9.04 Å². The van der Waals surface area contributed by atoms with Crippen molar-refractivity contribution in [3.63, 3.8) is 0 Å². The predicted octanol–water partition coefficient (Wildman–Crippen LogP) is 0.633. The van der Waals surface area contributed by atoms with Gasteiger partial charge in [-0.3, -0.25) is 4.79 Å². The molecule has 0 heterocycles. The molecule has 1 aromatic rings. The number of carbonyl (C=O) groups excluding carboxylic acids is 1. The summed E-state index contributed by atoms with van der Waals surface area (Å²) >= 11 is 0. The second-order valence-corrected chi connectivity index (χ2v) is 7.46. The molecule has 5 heteroatoms. The first-order chi connectivity index (χ1) is 7.22. The van der Waals surface area contributed by atoms with Gasteiger partial charge in [-0.05, 0) is 24.7 Å². The van der Waals surface area contributed by atoms with Gasteiger partial charge in [-0.15, -0.1) is 0 Å². The average molecular weight is 240 g/mol. The topological polar surface area (TPSA) is 35.5 Å². The minimum Gasteiger partial charge on any atom is -0.466 e. The van der Waals surface area contributed by atoms with Crippen LogP contribution in [0.25, 0.3) is 0 Å². The Morgan fingerprint density at radius 3 is 2.67 bits per heavy atom. The fraction of sp³-hybridized carbons (Fsp3) is 0.300. The van der Waals surface area contributed by atoms with E-state index in [-0.39, 0.29) is 5.97 Å². The molecule has 0 spiro atoms. The standard InChI is InChI=1S/C10H16O3Si2/c1-15(13-14)8-7-10(11)12-9-5-3-2-4-6-9/h2-6,15H,7-8H2,1,14H3. The molecule has 1 unspecified atom stereocenters. The lowest BCUT2D eigenvalue weighted by Gasteiger charge is -2.07. The monoisotopic (exact) mass is 240 g/mol. The highest BCUT2D eigenvalue weighted by molar-refractivity contribution is 6.54. The number of hydrogen-bond donors (Lipinski definition) is 0. The van der Waals surface area contributed by atoms with E-state index in [0.717, 1.165) is 16.5 Å². The van der Waals surface area contributed by atoms with Crippen molar-refractivity contribution in [2.24, 2.45) is 0 Å². The molecule has 0 fully saturated rings. The van der Waals surface area contributed by atoms with E-state index in [2.05, 4.69) is 6.55 Å². The van der Waals surface area contributed by atoms with Crippen LogP contribution in [0.1, 0.15) is 6.42 Å². The lowest BCUT2D eigenvalue weighted by Crippen LogP contribution is -2.15. The number of rotatable bonds is 5. The number of benzene rings is 1. The minimum absolute atomic E-state index is 0.167. The van der Waals surface area contributed by atoms with E-state index in [1.165, 1.54) is 0 Å². The molecule has 1 aromatic carbocycles. The molecule has 0 amide bonds. The smallest absolute Gasteiger partial charge is 0.310 e. The van der Waals surface area contributed by atoms with Gasteiger partial charge in [0.05, 0.1) is 0 Å². The quantitative estimate of drug-likeness (QED) is 0.430. The number of carbonyl (C=O) groups is 1. The maximum Gasteiger partial charge on any atom is 0.310 e. The molecule has 1 rings (SSSR count). The van der Waals surface area contributed by atoms with E-state index in [1.54, 1.807) is 12.1 Å². The highest BCUT2D eigenvalue weighted by Crippen LogP contribution is 2.10. The molecule has 0 aromatic heterocycles. The normalized spacial score (nSPS) is 12.3. The van der Waals surface area contributed by atoms with Gasteiger partial charge in [-0.2, -0.15) is 0 Å². The van der Waals surface area contributed by atoms with Crippen LogP contribution >= 0.6 is 0 Å². The van der Waals surface area contributed by atoms with E-state index >= 15 is 0 Å². The molecular weight excluding hydrogens is 224 g/mol. The van der Waals surface area contributed by atoms with Crippen molar-refractivity contribution in [3.8, 4) is 5.75 Å². The molecule has 0 aliphatic heterocycles. The highest BCUT2D eigenvalue weighted by atomic mass is 28.3. The van der Waals surface area contributed by atoms with Crippen LogP contribution in [-0.4, -0.2) is 25.5 Å². The Morgan fingerprint density at radius 1 is 1.40 bits per heavy atom. The summed E-state index contributed by atoms with van der Waals surface area (Å²) in [5.74, 6) is 0.447. The number of esters is 1. The molecule has 0 aliphatic rings. The molecule has 15 heavy (non-hydrogen) atoms. The second kappa shape index (κ2) is 6.55. The Bertz CT molecular complexity index is 303. The van der Waals surface area contributed by atoms with Crippen molar-refractivity contribution in [2.75, 3.05) is 0 Å².